The zero-order valence-electron chi connectivity index (χ0n) is 9.65. The molecule has 1 heterocycles. The van der Waals surface area contributed by atoms with Crippen molar-refractivity contribution in [3.05, 3.63) is 33.1 Å². The average molecular weight is 260 g/mol. The van der Waals surface area contributed by atoms with Crippen molar-refractivity contribution < 1.29 is 23.2 Å². The summed E-state index contributed by atoms with van der Waals surface area (Å²) in [6.07, 6.45) is -2.30. The predicted molar refractivity (Wildman–Crippen MR) is 56.5 cm³/mol. The number of ether oxygens (including phenoxy) is 1. The van der Waals surface area contributed by atoms with Crippen molar-refractivity contribution in [2.75, 3.05) is 6.61 Å². The van der Waals surface area contributed by atoms with Gasteiger partial charge in [-0.15, -0.1) is 0 Å². The lowest BCUT2D eigenvalue weighted by Gasteiger charge is -2.09. The van der Waals surface area contributed by atoms with Crippen LogP contribution < -0.4 is 0 Å². The van der Waals surface area contributed by atoms with E-state index in [1.54, 1.807) is 0 Å². The quantitative estimate of drug-likeness (QED) is 0.471. The molecular weight excluding hydrogens is 250 g/mol. The maximum atomic E-state index is 12.9. The molecule has 6 nitrogen and oxygen atoms in total. The molecule has 0 saturated carbocycles. The maximum Gasteiger partial charge on any atom is 0.340 e. The van der Waals surface area contributed by atoms with Gasteiger partial charge in [0.25, 0.3) is 12.1 Å². The Hall–Kier alpha value is -2.12. The number of halogens is 2. The molecule has 1 rings (SSSR count). The van der Waals surface area contributed by atoms with Gasteiger partial charge < -0.3 is 4.74 Å². The predicted octanol–water partition coefficient (Wildman–Crippen LogP) is 2.41. The number of alkyl halides is 2. The maximum absolute atomic E-state index is 12.9. The number of nitrogens with zero attached hydrogens (tertiary/aromatic N) is 2. The van der Waals surface area contributed by atoms with Gasteiger partial charge in [-0.3, -0.25) is 15.1 Å². The third-order valence-electron chi connectivity index (χ3n) is 2.17. The first-order chi connectivity index (χ1) is 8.40. The van der Waals surface area contributed by atoms with Crippen LogP contribution in [0.3, 0.4) is 0 Å². The summed E-state index contributed by atoms with van der Waals surface area (Å²) in [7, 11) is 0. The Kier molecular flexibility index (Phi) is 4.24. The van der Waals surface area contributed by atoms with E-state index < -0.39 is 34.1 Å². The van der Waals surface area contributed by atoms with E-state index in [1.165, 1.54) is 13.8 Å². The molecule has 1 aromatic heterocycles. The van der Waals surface area contributed by atoms with Gasteiger partial charge in [0.2, 0.25) is 0 Å². The average Bonchev–Trinajstić information content (AvgIpc) is 2.27. The Balaban J connectivity index is 3.49. The molecule has 0 spiro atoms. The van der Waals surface area contributed by atoms with Crippen LogP contribution in [-0.2, 0) is 4.74 Å². The van der Waals surface area contributed by atoms with Gasteiger partial charge >= 0.3 is 5.97 Å². The fourth-order valence-electron chi connectivity index (χ4n) is 1.44. The summed E-state index contributed by atoms with van der Waals surface area (Å²) < 4.78 is 30.3. The zero-order valence-corrected chi connectivity index (χ0v) is 9.65. The van der Waals surface area contributed by atoms with Crippen LogP contribution >= 0.6 is 0 Å². The molecule has 98 valence electrons. The van der Waals surface area contributed by atoms with Gasteiger partial charge in [-0.1, -0.05) is 0 Å². The van der Waals surface area contributed by atoms with Crippen molar-refractivity contribution in [1.29, 1.82) is 0 Å². The van der Waals surface area contributed by atoms with E-state index in [1.807, 2.05) is 0 Å². The molecule has 0 aliphatic rings. The first kappa shape index (κ1) is 13.9. The molecule has 0 saturated heterocycles. The van der Waals surface area contributed by atoms with E-state index in [0.717, 1.165) is 6.20 Å². The lowest BCUT2D eigenvalue weighted by Crippen LogP contribution is -2.12. The van der Waals surface area contributed by atoms with Crippen molar-refractivity contribution in [3.63, 3.8) is 0 Å². The summed E-state index contributed by atoms with van der Waals surface area (Å²) >= 11 is 0. The minimum Gasteiger partial charge on any atom is -0.462 e. The summed E-state index contributed by atoms with van der Waals surface area (Å²) in [5.74, 6) is -1.05. The second kappa shape index (κ2) is 5.48. The van der Waals surface area contributed by atoms with Crippen molar-refractivity contribution in [3.8, 4) is 0 Å². The fraction of sp³-hybridized carbons (Fsp3) is 0.400. The molecule has 0 bridgehead atoms. The molecule has 0 aromatic carbocycles. The lowest BCUT2D eigenvalue weighted by atomic mass is 10.1. The summed E-state index contributed by atoms with van der Waals surface area (Å²) in [5.41, 5.74) is -2.56. The summed E-state index contributed by atoms with van der Waals surface area (Å²) in [5, 5.41) is 10.8. The van der Waals surface area contributed by atoms with Crippen LogP contribution in [0.15, 0.2) is 6.20 Å². The number of esters is 1. The lowest BCUT2D eigenvalue weighted by molar-refractivity contribution is -0.387. The van der Waals surface area contributed by atoms with E-state index in [-0.39, 0.29) is 12.3 Å². The Morgan fingerprint density at radius 1 is 1.61 bits per heavy atom. The van der Waals surface area contributed by atoms with Crippen LogP contribution in [-0.4, -0.2) is 22.5 Å². The fourth-order valence-corrected chi connectivity index (χ4v) is 1.44. The van der Waals surface area contributed by atoms with Crippen molar-refractivity contribution >= 4 is 11.7 Å². The highest BCUT2D eigenvalue weighted by Crippen LogP contribution is 2.33. The summed E-state index contributed by atoms with van der Waals surface area (Å²) in [4.78, 5) is 24.8. The molecule has 0 amide bonds. The third kappa shape index (κ3) is 2.58. The Morgan fingerprint density at radius 2 is 2.22 bits per heavy atom. The molecular formula is C10H10F2N2O4. The normalized spacial score (nSPS) is 10.5. The number of rotatable bonds is 4. The van der Waals surface area contributed by atoms with Gasteiger partial charge in [0.1, 0.15) is 11.3 Å². The van der Waals surface area contributed by atoms with E-state index in [9.17, 15) is 23.7 Å². The third-order valence-corrected chi connectivity index (χ3v) is 2.17. The number of carbonyl (C=O) groups excluding carboxylic acids is 1. The van der Waals surface area contributed by atoms with Gasteiger partial charge in [-0.25, -0.2) is 13.6 Å². The zero-order chi connectivity index (χ0) is 13.9. The number of hydrogen-bond acceptors (Lipinski definition) is 5. The standard InChI is InChI=1S/C10H10F2N2O4/c1-3-18-10(15)6-4-13-5(2)8(14(16)17)7(6)9(11)12/h4,9H,3H2,1-2H3. The largest absolute Gasteiger partial charge is 0.462 e. The molecule has 0 radical (unpaired) electrons. The number of aryl methyl sites for hydroxylation is 1. The Morgan fingerprint density at radius 3 is 2.67 bits per heavy atom. The molecule has 0 aliphatic heterocycles. The van der Waals surface area contributed by atoms with Crippen molar-refractivity contribution in [1.82, 2.24) is 4.98 Å². The highest BCUT2D eigenvalue weighted by Gasteiger charge is 2.31. The molecule has 0 aliphatic carbocycles. The summed E-state index contributed by atoms with van der Waals surface area (Å²) in [6, 6.07) is 0. The molecule has 0 atom stereocenters. The number of hydrogen-bond donors (Lipinski definition) is 0. The smallest absolute Gasteiger partial charge is 0.340 e. The van der Waals surface area contributed by atoms with Gasteiger partial charge in [0.15, 0.2) is 0 Å². The van der Waals surface area contributed by atoms with Crippen molar-refractivity contribution in [2.24, 2.45) is 0 Å². The monoisotopic (exact) mass is 260 g/mol. The summed E-state index contributed by atoms with van der Waals surface area (Å²) in [6.45, 7) is 2.69. The Labute approximate surface area is 101 Å². The van der Waals surface area contributed by atoms with Crippen molar-refractivity contribution in [2.45, 2.75) is 20.3 Å². The van der Waals surface area contributed by atoms with Crippen LogP contribution in [0.25, 0.3) is 0 Å². The first-order valence-electron chi connectivity index (χ1n) is 4.99. The molecule has 0 unspecified atom stereocenters. The van der Waals surface area contributed by atoms with Crippen LogP contribution in [0.1, 0.15) is 35.0 Å². The van der Waals surface area contributed by atoms with E-state index >= 15 is 0 Å². The van der Waals surface area contributed by atoms with Crippen LogP contribution in [0.4, 0.5) is 14.5 Å². The molecule has 0 fully saturated rings. The minimum absolute atomic E-state index is 0.0246. The van der Waals surface area contributed by atoms with Crippen LogP contribution in [0.2, 0.25) is 0 Å². The first-order valence-corrected chi connectivity index (χ1v) is 4.99. The van der Waals surface area contributed by atoms with Crippen LogP contribution in [0.5, 0.6) is 0 Å². The highest BCUT2D eigenvalue weighted by atomic mass is 19.3. The van der Waals surface area contributed by atoms with Gasteiger partial charge in [0.05, 0.1) is 17.1 Å². The van der Waals surface area contributed by atoms with Crippen LogP contribution in [0, 0.1) is 17.0 Å². The molecule has 0 N–H and O–H groups in total. The van der Waals surface area contributed by atoms with Gasteiger partial charge in [-0.05, 0) is 13.8 Å². The second-order valence-electron chi connectivity index (χ2n) is 3.30. The minimum atomic E-state index is -3.16. The second-order valence-corrected chi connectivity index (χ2v) is 3.30. The van der Waals surface area contributed by atoms with Gasteiger partial charge in [-0.2, -0.15) is 0 Å². The number of carbonyl (C=O) groups is 1. The molecule has 8 heteroatoms. The topological polar surface area (TPSA) is 82.3 Å². The molecule has 18 heavy (non-hydrogen) atoms. The van der Waals surface area contributed by atoms with E-state index in [0.29, 0.717) is 0 Å². The SMILES string of the molecule is CCOC(=O)c1cnc(C)c([N+](=O)[O-])c1C(F)F. The van der Waals surface area contributed by atoms with E-state index in [4.69, 9.17) is 0 Å². The Bertz CT molecular complexity index is 491. The highest BCUT2D eigenvalue weighted by molar-refractivity contribution is 5.92. The number of pyridine rings is 1. The van der Waals surface area contributed by atoms with Gasteiger partial charge in [0, 0.05) is 6.20 Å². The van der Waals surface area contributed by atoms with E-state index in [2.05, 4.69) is 9.72 Å². The number of aromatic nitrogens is 1. The molecule has 1 aromatic rings. The number of nitro groups is 1.